The van der Waals surface area contributed by atoms with Gasteiger partial charge < -0.3 is 0 Å². The molecule has 2 aromatic carbocycles. The Hall–Kier alpha value is -2.92. The molecule has 0 aliphatic carbocycles. The minimum Gasteiger partial charge on any atom is -0.270 e. The second kappa shape index (κ2) is 7.76. The maximum atomic E-state index is 4.50. The molecule has 2 aromatic heterocycles. The summed E-state index contributed by atoms with van der Waals surface area (Å²) < 4.78 is 2.14. The van der Waals surface area contributed by atoms with Gasteiger partial charge in [0.2, 0.25) is 0 Å². The summed E-state index contributed by atoms with van der Waals surface area (Å²) >= 11 is 1.70. The maximum absolute atomic E-state index is 4.50. The summed E-state index contributed by atoms with van der Waals surface area (Å²) in [7, 11) is 0. The number of aryl methyl sites for hydroxylation is 2. The van der Waals surface area contributed by atoms with E-state index in [2.05, 4.69) is 76.1 Å². The molecule has 0 saturated heterocycles. The van der Waals surface area contributed by atoms with Crippen LogP contribution in [0.5, 0.6) is 0 Å². The topological polar surface area (TPSA) is 43.6 Å². The summed E-state index contributed by atoms with van der Waals surface area (Å²) in [5, 5.41) is 9.88. The largest absolute Gasteiger partial charge is 0.270 e. The predicted molar refractivity (Wildman–Crippen MR) is 110 cm³/mol. The quantitative estimate of drug-likeness (QED) is 0.450. The second-order valence-electron chi connectivity index (χ2n) is 6.44. The summed E-state index contributed by atoms with van der Waals surface area (Å²) in [6, 6.07) is 20.9. The molecule has 0 unspecified atom stereocenters. The van der Waals surface area contributed by atoms with E-state index >= 15 is 0 Å². The number of para-hydroxylation sites is 1. The second-order valence-corrected chi connectivity index (χ2v) is 7.38. The number of hydrogen-bond acceptors (Lipinski definition) is 4. The highest BCUT2D eigenvalue weighted by molar-refractivity contribution is 7.98. The first-order valence-electron chi connectivity index (χ1n) is 8.82. The minimum atomic E-state index is 0.832. The smallest absolute Gasteiger partial charge is 0.196 e. The maximum Gasteiger partial charge on any atom is 0.196 e. The van der Waals surface area contributed by atoms with Gasteiger partial charge in [-0.1, -0.05) is 59.8 Å². The van der Waals surface area contributed by atoms with Crippen LogP contribution in [-0.4, -0.2) is 19.7 Å². The van der Waals surface area contributed by atoms with E-state index < -0.39 is 0 Å². The van der Waals surface area contributed by atoms with Gasteiger partial charge in [-0.25, -0.2) is 0 Å². The highest BCUT2D eigenvalue weighted by atomic mass is 32.2. The molecule has 2 heterocycles. The Labute approximate surface area is 163 Å². The molecule has 0 aliphatic heterocycles. The number of benzene rings is 2. The van der Waals surface area contributed by atoms with E-state index in [-0.39, 0.29) is 0 Å². The minimum absolute atomic E-state index is 0.832. The number of rotatable bonds is 5. The highest BCUT2D eigenvalue weighted by Gasteiger charge is 2.17. The lowest BCUT2D eigenvalue weighted by Gasteiger charge is -2.13. The monoisotopic (exact) mass is 372 g/mol. The summed E-state index contributed by atoms with van der Waals surface area (Å²) in [4.78, 5) is 4.12. The van der Waals surface area contributed by atoms with Crippen molar-refractivity contribution in [1.82, 2.24) is 19.7 Å². The van der Waals surface area contributed by atoms with Gasteiger partial charge in [0.15, 0.2) is 11.0 Å². The van der Waals surface area contributed by atoms with E-state index in [1.165, 1.54) is 16.7 Å². The van der Waals surface area contributed by atoms with Gasteiger partial charge in [0, 0.05) is 23.7 Å². The van der Waals surface area contributed by atoms with Gasteiger partial charge in [-0.3, -0.25) is 9.55 Å². The lowest BCUT2D eigenvalue weighted by atomic mass is 10.2. The van der Waals surface area contributed by atoms with Crippen LogP contribution in [0.3, 0.4) is 0 Å². The van der Waals surface area contributed by atoms with Crippen molar-refractivity contribution in [3.05, 3.63) is 89.7 Å². The van der Waals surface area contributed by atoms with Crippen molar-refractivity contribution in [3.63, 3.8) is 0 Å². The van der Waals surface area contributed by atoms with E-state index in [1.54, 1.807) is 24.2 Å². The van der Waals surface area contributed by atoms with Gasteiger partial charge in [0.05, 0.1) is 5.69 Å². The third-order valence-electron chi connectivity index (χ3n) is 4.42. The molecule has 0 amide bonds. The molecule has 27 heavy (non-hydrogen) atoms. The fourth-order valence-electron chi connectivity index (χ4n) is 2.92. The van der Waals surface area contributed by atoms with Crippen LogP contribution in [0.4, 0.5) is 0 Å². The van der Waals surface area contributed by atoms with Crippen molar-refractivity contribution in [1.29, 1.82) is 0 Å². The molecule has 0 aliphatic rings. The van der Waals surface area contributed by atoms with Crippen molar-refractivity contribution in [2.24, 2.45) is 0 Å². The molecular formula is C22H20N4S. The summed E-state index contributed by atoms with van der Waals surface area (Å²) in [6.45, 7) is 4.22. The van der Waals surface area contributed by atoms with Crippen molar-refractivity contribution in [3.8, 4) is 17.1 Å². The molecule has 0 spiro atoms. The molecule has 0 radical (unpaired) electrons. The number of pyridine rings is 1. The Morgan fingerprint density at radius 3 is 2.33 bits per heavy atom. The van der Waals surface area contributed by atoms with Crippen molar-refractivity contribution in [2.45, 2.75) is 24.8 Å². The number of hydrogen-bond donors (Lipinski definition) is 0. The Bertz CT molecular complexity index is 1040. The molecule has 0 fully saturated rings. The lowest BCUT2D eigenvalue weighted by molar-refractivity contribution is 0.880. The Morgan fingerprint density at radius 1 is 0.852 bits per heavy atom. The third kappa shape index (κ3) is 3.78. The first-order chi connectivity index (χ1) is 13.2. The van der Waals surface area contributed by atoms with Gasteiger partial charge in [0.1, 0.15) is 0 Å². The van der Waals surface area contributed by atoms with E-state index in [9.17, 15) is 0 Å². The van der Waals surface area contributed by atoms with Crippen LogP contribution in [0.15, 0.2) is 78.2 Å². The van der Waals surface area contributed by atoms with Gasteiger partial charge >= 0.3 is 0 Å². The fraction of sp³-hybridized carbons (Fsp3) is 0.136. The van der Waals surface area contributed by atoms with Crippen LogP contribution in [-0.2, 0) is 5.75 Å². The van der Waals surface area contributed by atoms with Crippen LogP contribution >= 0.6 is 11.8 Å². The Balaban J connectivity index is 1.74. The Kier molecular flexibility index (Phi) is 5.03. The first-order valence-corrected chi connectivity index (χ1v) is 9.81. The molecular weight excluding hydrogens is 352 g/mol. The normalized spacial score (nSPS) is 10.9. The standard InChI is InChI=1S/C22H20N4S/c1-16-7-9-18(10-8-16)15-27-22-25-24-21(19-11-13-23-14-12-19)26(22)20-6-4-3-5-17(20)2/h3-14H,15H2,1-2H3. The zero-order valence-electron chi connectivity index (χ0n) is 15.3. The van der Waals surface area contributed by atoms with Gasteiger partial charge in [-0.05, 0) is 43.2 Å². The summed E-state index contributed by atoms with van der Waals surface area (Å²) in [5.41, 5.74) is 5.83. The summed E-state index contributed by atoms with van der Waals surface area (Å²) in [6.07, 6.45) is 3.57. The number of thioether (sulfide) groups is 1. The molecule has 0 bridgehead atoms. The number of aromatic nitrogens is 4. The Morgan fingerprint density at radius 2 is 1.59 bits per heavy atom. The van der Waals surface area contributed by atoms with E-state index in [4.69, 9.17) is 0 Å². The van der Waals surface area contributed by atoms with Crippen molar-refractivity contribution >= 4 is 11.8 Å². The SMILES string of the molecule is Cc1ccc(CSc2nnc(-c3ccncc3)n2-c2ccccc2C)cc1. The average molecular weight is 372 g/mol. The first kappa shape index (κ1) is 17.5. The molecule has 134 valence electrons. The number of nitrogens with zero attached hydrogens (tertiary/aromatic N) is 4. The van der Waals surface area contributed by atoms with Crippen molar-refractivity contribution in [2.75, 3.05) is 0 Å². The van der Waals surface area contributed by atoms with E-state index in [0.717, 1.165) is 28.0 Å². The van der Waals surface area contributed by atoms with Crippen LogP contribution in [0.1, 0.15) is 16.7 Å². The fourth-order valence-corrected chi connectivity index (χ4v) is 3.82. The molecule has 4 aromatic rings. The van der Waals surface area contributed by atoms with Gasteiger partial charge in [-0.2, -0.15) is 0 Å². The molecule has 4 rings (SSSR count). The van der Waals surface area contributed by atoms with E-state index in [1.807, 2.05) is 18.2 Å². The molecule has 0 N–H and O–H groups in total. The predicted octanol–water partition coefficient (Wildman–Crippen LogP) is 5.24. The summed E-state index contributed by atoms with van der Waals surface area (Å²) in [5.74, 6) is 1.68. The lowest BCUT2D eigenvalue weighted by Crippen LogP contribution is -2.02. The van der Waals surface area contributed by atoms with E-state index in [0.29, 0.717) is 0 Å². The molecule has 5 heteroatoms. The highest BCUT2D eigenvalue weighted by Crippen LogP contribution is 2.30. The van der Waals surface area contributed by atoms with Crippen molar-refractivity contribution < 1.29 is 0 Å². The van der Waals surface area contributed by atoms with Gasteiger partial charge in [-0.15, -0.1) is 10.2 Å². The zero-order valence-corrected chi connectivity index (χ0v) is 16.1. The van der Waals surface area contributed by atoms with Crippen LogP contribution in [0, 0.1) is 13.8 Å². The zero-order chi connectivity index (χ0) is 18.6. The third-order valence-corrected chi connectivity index (χ3v) is 5.42. The molecule has 4 nitrogen and oxygen atoms in total. The van der Waals surface area contributed by atoms with Crippen LogP contribution < -0.4 is 0 Å². The molecule has 0 saturated carbocycles. The molecule has 0 atom stereocenters. The van der Waals surface area contributed by atoms with Crippen LogP contribution in [0.2, 0.25) is 0 Å². The van der Waals surface area contributed by atoms with Crippen LogP contribution in [0.25, 0.3) is 17.1 Å². The van der Waals surface area contributed by atoms with Gasteiger partial charge in [0.25, 0.3) is 0 Å². The average Bonchev–Trinajstić information content (AvgIpc) is 3.12.